The van der Waals surface area contributed by atoms with Crippen molar-refractivity contribution in [2.75, 3.05) is 47.5 Å². The predicted molar refractivity (Wildman–Crippen MR) is 251 cm³/mol. The number of aliphatic hydroxyl groups is 1. The van der Waals surface area contributed by atoms with Gasteiger partial charge in [-0.1, -0.05) is 181 Å². The molecule has 0 bridgehead atoms. The van der Waals surface area contributed by atoms with Crippen LogP contribution in [0.2, 0.25) is 0 Å². The Labute approximate surface area is 362 Å². The first-order chi connectivity index (χ1) is 28.6. The molecule has 0 radical (unpaired) electrons. The van der Waals surface area contributed by atoms with Crippen LogP contribution >= 0.6 is 7.82 Å². The Hall–Kier alpha value is -2.58. The van der Waals surface area contributed by atoms with E-state index in [-0.39, 0.29) is 19.2 Å². The van der Waals surface area contributed by atoms with E-state index in [2.05, 4.69) is 104 Å². The van der Waals surface area contributed by atoms with Crippen molar-refractivity contribution in [3.8, 4) is 0 Å². The summed E-state index contributed by atoms with van der Waals surface area (Å²) in [5, 5.41) is 9.92. The molecule has 59 heavy (non-hydrogen) atoms. The van der Waals surface area contributed by atoms with E-state index < -0.39 is 20.5 Å². The van der Waals surface area contributed by atoms with Gasteiger partial charge < -0.3 is 19.2 Å². The first-order valence-corrected chi connectivity index (χ1v) is 24.5. The molecule has 0 saturated carbocycles. The van der Waals surface area contributed by atoms with Gasteiger partial charge in [-0.2, -0.15) is 0 Å². The normalized spacial score (nSPS) is 14.6. The molecule has 338 valence electrons. The van der Waals surface area contributed by atoms with Crippen LogP contribution in [0.1, 0.15) is 161 Å². The van der Waals surface area contributed by atoms with E-state index in [1.165, 1.54) is 77.0 Å². The Morgan fingerprint density at radius 3 is 1.27 bits per heavy atom. The summed E-state index contributed by atoms with van der Waals surface area (Å²) in [4.78, 5) is 21.7. The fourth-order valence-electron chi connectivity index (χ4n) is 5.79. The zero-order valence-corrected chi connectivity index (χ0v) is 38.8. The lowest BCUT2D eigenvalue weighted by Gasteiger charge is -2.24. The summed E-state index contributed by atoms with van der Waals surface area (Å²) in [5.41, 5.74) is 0. The van der Waals surface area contributed by atoms with Gasteiger partial charge in [0.2, 0.25) is 0 Å². The molecule has 0 aliphatic carbocycles. The first kappa shape index (κ1) is 56.4. The third kappa shape index (κ3) is 48.0. The molecule has 0 aromatic rings. The number of phosphoric acid groups is 1. The molecule has 0 amide bonds. The topological polar surface area (TPSA) is 102 Å². The summed E-state index contributed by atoms with van der Waals surface area (Å²) in [7, 11) is 1.55. The van der Waals surface area contributed by atoms with Crippen LogP contribution in [0, 0.1) is 0 Å². The second-order valence-electron chi connectivity index (χ2n) is 16.3. The Morgan fingerprint density at radius 1 is 0.525 bits per heavy atom. The molecular weight excluding hydrogens is 758 g/mol. The molecule has 0 aliphatic heterocycles. The molecule has 0 rings (SSSR count). The van der Waals surface area contributed by atoms with Crippen molar-refractivity contribution in [2.45, 2.75) is 167 Å². The monoisotopic (exact) mass is 845 g/mol. The number of rotatable bonds is 41. The smallest absolute Gasteiger partial charge is 0.463 e. The van der Waals surface area contributed by atoms with E-state index in [1.807, 2.05) is 21.1 Å². The van der Waals surface area contributed by atoms with Crippen LogP contribution in [-0.4, -0.2) is 74.1 Å². The molecule has 0 spiro atoms. The molecule has 0 fully saturated rings. The molecular formula is C50H87NO7P+. The standard InChI is InChI=1S/C50H86NO7P/c1-5-6-7-8-9-10-11-12-13-14-15-16-17-18-19-20-21-22-23-24-25-26-27-28-29-30-31-32-33-34-35-36-37-38-39-40-41-42-43-44-50(53)56-47-49(52)48-58-59(54,55)57-46-45-51(2,3)4/h6-7,9-10,12-13,15-16,18-19,21-22,24-25,27-28,49,52H,5,8,11,14,17,20,23,26,29-48H2,1-4H3/p+1/b7-6-,10-9-,13-12-,16-15-,19-18-,22-21-,25-24-,28-27-. The SMILES string of the molecule is CC/C=C\C/C=C\C/C=C\C/C=C\C/C=C\C/C=C\C/C=C\C/C=C\CCCCCCCCCCCCCCCCC(=O)OCC(O)COP(=O)(O)OCC[N+](C)(C)C. The van der Waals surface area contributed by atoms with E-state index in [0.29, 0.717) is 17.4 Å². The van der Waals surface area contributed by atoms with E-state index in [9.17, 15) is 19.4 Å². The second kappa shape index (κ2) is 42.1. The van der Waals surface area contributed by atoms with Crippen molar-refractivity contribution in [3.05, 3.63) is 97.2 Å². The Bertz CT molecular complexity index is 1260. The molecule has 0 aromatic carbocycles. The van der Waals surface area contributed by atoms with Gasteiger partial charge in [0.1, 0.15) is 25.9 Å². The number of carbonyl (C=O) groups is 1. The highest BCUT2D eigenvalue weighted by molar-refractivity contribution is 7.47. The molecule has 0 aromatic heterocycles. The number of allylic oxidation sites excluding steroid dienone is 16. The van der Waals surface area contributed by atoms with E-state index in [1.54, 1.807) is 0 Å². The zero-order chi connectivity index (χ0) is 43.4. The number of hydrogen-bond acceptors (Lipinski definition) is 6. The number of esters is 1. The van der Waals surface area contributed by atoms with Crippen molar-refractivity contribution in [2.24, 2.45) is 0 Å². The maximum absolute atomic E-state index is 12.0. The minimum absolute atomic E-state index is 0.0512. The van der Waals surface area contributed by atoms with Crippen LogP contribution in [-0.2, 0) is 23.1 Å². The first-order valence-electron chi connectivity index (χ1n) is 23.0. The molecule has 2 unspecified atom stereocenters. The highest BCUT2D eigenvalue weighted by Gasteiger charge is 2.24. The number of likely N-dealkylation sites (N-methyl/N-ethyl adjacent to an activating group) is 1. The van der Waals surface area contributed by atoms with Gasteiger partial charge >= 0.3 is 13.8 Å². The maximum Gasteiger partial charge on any atom is 0.472 e. The summed E-state index contributed by atoms with van der Waals surface area (Å²) in [5.74, 6) is -0.375. The number of unbranched alkanes of at least 4 members (excludes halogenated alkanes) is 14. The summed E-state index contributed by atoms with van der Waals surface area (Å²) in [6.45, 7) is 2.02. The van der Waals surface area contributed by atoms with Crippen LogP contribution in [0.4, 0.5) is 0 Å². The Balaban J connectivity index is 3.49. The third-order valence-electron chi connectivity index (χ3n) is 9.36. The van der Waals surface area contributed by atoms with E-state index >= 15 is 0 Å². The van der Waals surface area contributed by atoms with Crippen molar-refractivity contribution in [1.29, 1.82) is 0 Å². The number of ether oxygens (including phenoxy) is 1. The maximum atomic E-state index is 12.0. The minimum Gasteiger partial charge on any atom is -0.463 e. The lowest BCUT2D eigenvalue weighted by atomic mass is 10.0. The van der Waals surface area contributed by atoms with Gasteiger partial charge in [-0.05, 0) is 70.6 Å². The van der Waals surface area contributed by atoms with E-state index in [0.717, 1.165) is 70.6 Å². The van der Waals surface area contributed by atoms with Gasteiger partial charge in [0.15, 0.2) is 0 Å². The quantitative estimate of drug-likeness (QED) is 0.0208. The van der Waals surface area contributed by atoms with Crippen LogP contribution in [0.25, 0.3) is 0 Å². The van der Waals surface area contributed by atoms with Gasteiger partial charge in [0, 0.05) is 6.42 Å². The number of aliphatic hydroxyl groups excluding tert-OH is 1. The minimum atomic E-state index is -4.26. The Morgan fingerprint density at radius 2 is 0.881 bits per heavy atom. The van der Waals surface area contributed by atoms with E-state index in [4.69, 9.17) is 13.8 Å². The molecule has 0 aliphatic rings. The summed E-state index contributed by atoms with van der Waals surface area (Å²) in [6, 6.07) is 0. The lowest BCUT2D eigenvalue weighted by molar-refractivity contribution is -0.870. The number of phosphoric ester groups is 1. The zero-order valence-electron chi connectivity index (χ0n) is 37.9. The molecule has 9 heteroatoms. The molecule has 8 nitrogen and oxygen atoms in total. The largest absolute Gasteiger partial charge is 0.472 e. The highest BCUT2D eigenvalue weighted by Crippen LogP contribution is 2.43. The summed E-state index contributed by atoms with van der Waals surface area (Å²) in [6.07, 6.45) is 61.8. The second-order valence-corrected chi connectivity index (χ2v) is 17.7. The van der Waals surface area contributed by atoms with Crippen molar-refractivity contribution < 1.29 is 37.6 Å². The van der Waals surface area contributed by atoms with Crippen molar-refractivity contribution >= 4 is 13.8 Å². The summed E-state index contributed by atoms with van der Waals surface area (Å²) >= 11 is 0. The molecule has 2 N–H and O–H groups in total. The Kier molecular flexibility index (Phi) is 40.3. The molecule has 2 atom stereocenters. The number of carbonyl (C=O) groups excluding carboxylic acids is 1. The van der Waals surface area contributed by atoms with Crippen LogP contribution in [0.5, 0.6) is 0 Å². The van der Waals surface area contributed by atoms with Crippen molar-refractivity contribution in [3.63, 3.8) is 0 Å². The number of quaternary nitrogens is 1. The average Bonchev–Trinajstić information content (AvgIpc) is 3.19. The number of nitrogens with zero attached hydrogens (tertiary/aromatic N) is 1. The van der Waals surface area contributed by atoms with Gasteiger partial charge in [0.25, 0.3) is 0 Å². The van der Waals surface area contributed by atoms with Crippen LogP contribution < -0.4 is 0 Å². The highest BCUT2D eigenvalue weighted by atomic mass is 31.2. The van der Waals surface area contributed by atoms with Gasteiger partial charge in [-0.3, -0.25) is 13.8 Å². The van der Waals surface area contributed by atoms with Crippen LogP contribution in [0.3, 0.4) is 0 Å². The molecule has 0 heterocycles. The lowest BCUT2D eigenvalue weighted by Crippen LogP contribution is -2.37. The fourth-order valence-corrected chi connectivity index (χ4v) is 6.54. The molecule has 0 saturated heterocycles. The fraction of sp³-hybridized carbons (Fsp3) is 0.660. The van der Waals surface area contributed by atoms with Gasteiger partial charge in [0.05, 0.1) is 27.7 Å². The predicted octanol–water partition coefficient (Wildman–Crippen LogP) is 13.6. The summed E-state index contributed by atoms with van der Waals surface area (Å²) < 4.78 is 27.3. The van der Waals surface area contributed by atoms with Crippen molar-refractivity contribution in [1.82, 2.24) is 0 Å². The van der Waals surface area contributed by atoms with Crippen LogP contribution in [0.15, 0.2) is 97.2 Å². The third-order valence-corrected chi connectivity index (χ3v) is 10.3. The number of hydrogen-bond donors (Lipinski definition) is 2. The van der Waals surface area contributed by atoms with Gasteiger partial charge in [-0.25, -0.2) is 4.57 Å². The van der Waals surface area contributed by atoms with Gasteiger partial charge in [-0.15, -0.1) is 0 Å². The average molecular weight is 845 g/mol.